The van der Waals surface area contributed by atoms with Crippen molar-refractivity contribution in [3.63, 3.8) is 0 Å². The molecular formula is C32H24N4O12S8. The number of allylic oxidation sites excluding steroid dienone is 6. The SMILES string of the molecule is O=S(=O)(O)C1(S(=O)(=O)O)C=C(N=C=S)C=CC1C=Cc1ccc(N=C=S)cc1.O=S(=O)(O)c1cc(N=C=S)ccc1C=CC1C=CC(N=C=S)=CC1S(=O)(=O)O. The van der Waals surface area contributed by atoms with Crippen LogP contribution >= 0.6 is 48.9 Å². The summed E-state index contributed by atoms with van der Waals surface area (Å²) in [6, 6.07) is 10.4. The molecule has 24 heteroatoms. The van der Waals surface area contributed by atoms with Gasteiger partial charge in [-0.15, -0.1) is 0 Å². The van der Waals surface area contributed by atoms with Crippen LogP contribution in [0, 0.1) is 11.8 Å². The quantitative estimate of drug-likeness (QED) is 0.105. The fourth-order valence-corrected chi connectivity index (χ4v) is 9.64. The van der Waals surface area contributed by atoms with Crippen molar-refractivity contribution in [3.05, 3.63) is 114 Å². The van der Waals surface area contributed by atoms with Gasteiger partial charge in [-0.3, -0.25) is 18.2 Å². The van der Waals surface area contributed by atoms with Crippen molar-refractivity contribution < 1.29 is 51.9 Å². The number of nitrogens with zero attached hydrogens (tertiary/aromatic N) is 4. The molecule has 0 radical (unpaired) electrons. The predicted octanol–water partition coefficient (Wildman–Crippen LogP) is 6.19. The molecule has 56 heavy (non-hydrogen) atoms. The monoisotopic (exact) mass is 912 g/mol. The van der Waals surface area contributed by atoms with Gasteiger partial charge in [-0.05, 0) is 109 Å². The minimum Gasteiger partial charge on any atom is -0.285 e. The Labute approximate surface area is 342 Å². The fourth-order valence-electron chi connectivity index (χ4n) is 5.02. The van der Waals surface area contributed by atoms with Gasteiger partial charge in [0.15, 0.2) is 0 Å². The second kappa shape index (κ2) is 19.2. The van der Waals surface area contributed by atoms with Crippen LogP contribution in [0.1, 0.15) is 11.1 Å². The highest BCUT2D eigenvalue weighted by Gasteiger charge is 2.58. The van der Waals surface area contributed by atoms with Crippen molar-refractivity contribution >= 4 is 134 Å². The van der Waals surface area contributed by atoms with Crippen molar-refractivity contribution in [2.45, 2.75) is 14.2 Å². The third-order valence-corrected chi connectivity index (χ3v) is 13.6. The smallest absolute Gasteiger partial charge is 0.285 e. The molecule has 2 aliphatic rings. The van der Waals surface area contributed by atoms with E-state index in [-0.39, 0.29) is 22.6 Å². The number of isothiocyanates is 4. The van der Waals surface area contributed by atoms with E-state index in [1.807, 2.05) is 5.16 Å². The molecule has 2 aromatic carbocycles. The number of hydrogen-bond acceptors (Lipinski definition) is 16. The summed E-state index contributed by atoms with van der Waals surface area (Å²) in [6.07, 6.45) is 12.5. The van der Waals surface area contributed by atoms with Crippen LogP contribution in [-0.2, 0) is 40.5 Å². The molecule has 0 fully saturated rings. The van der Waals surface area contributed by atoms with Crippen LogP contribution in [-0.4, -0.2) is 81.9 Å². The van der Waals surface area contributed by atoms with Crippen LogP contribution in [0.25, 0.3) is 12.2 Å². The molecule has 2 aliphatic carbocycles. The molecule has 0 saturated carbocycles. The lowest BCUT2D eigenvalue weighted by molar-refractivity contribution is 0.424. The first-order chi connectivity index (χ1) is 26.1. The molecule has 0 amide bonds. The Kier molecular flexibility index (Phi) is 15.8. The van der Waals surface area contributed by atoms with E-state index in [1.54, 1.807) is 24.3 Å². The maximum atomic E-state index is 12.0. The average molecular weight is 913 g/mol. The minimum atomic E-state index is -5.34. The van der Waals surface area contributed by atoms with Gasteiger partial charge in [0, 0.05) is 11.8 Å². The first kappa shape index (κ1) is 46.1. The van der Waals surface area contributed by atoms with Crippen molar-refractivity contribution in [3.8, 4) is 0 Å². The molecular weight excluding hydrogens is 889 g/mol. The summed E-state index contributed by atoms with van der Waals surface area (Å²) in [5, 5.41) is 7.00. The third-order valence-electron chi connectivity index (χ3n) is 7.50. The summed E-state index contributed by atoms with van der Waals surface area (Å²) in [4.78, 5) is 14.2. The Bertz CT molecular complexity index is 2700. The van der Waals surface area contributed by atoms with Crippen LogP contribution in [0.4, 0.5) is 11.4 Å². The molecule has 292 valence electrons. The van der Waals surface area contributed by atoms with Crippen LogP contribution in [0.5, 0.6) is 0 Å². The van der Waals surface area contributed by atoms with Crippen LogP contribution < -0.4 is 0 Å². The molecule has 0 aromatic heterocycles. The Morgan fingerprint density at radius 2 is 1.18 bits per heavy atom. The van der Waals surface area contributed by atoms with E-state index in [2.05, 4.69) is 84.3 Å². The molecule has 0 spiro atoms. The van der Waals surface area contributed by atoms with Crippen LogP contribution in [0.3, 0.4) is 0 Å². The van der Waals surface area contributed by atoms with Crippen LogP contribution in [0.2, 0.25) is 0 Å². The Hall–Kier alpha value is -4.28. The van der Waals surface area contributed by atoms with Gasteiger partial charge >= 0.3 is 0 Å². The lowest BCUT2D eigenvalue weighted by atomic mass is 9.96. The zero-order valence-electron chi connectivity index (χ0n) is 27.7. The van der Waals surface area contributed by atoms with E-state index in [9.17, 15) is 51.9 Å². The van der Waals surface area contributed by atoms with Crippen molar-refractivity contribution in [2.24, 2.45) is 31.8 Å². The van der Waals surface area contributed by atoms with Gasteiger partial charge in [0.05, 0.1) is 43.4 Å². The van der Waals surface area contributed by atoms with Crippen molar-refractivity contribution in [2.75, 3.05) is 0 Å². The Morgan fingerprint density at radius 1 is 0.643 bits per heavy atom. The van der Waals surface area contributed by atoms with Gasteiger partial charge in [0.2, 0.25) is 0 Å². The minimum absolute atomic E-state index is 0.0833. The van der Waals surface area contributed by atoms with E-state index in [0.29, 0.717) is 17.3 Å². The van der Waals surface area contributed by atoms with Crippen LogP contribution in [0.15, 0.2) is 127 Å². The molecule has 4 rings (SSSR count). The average Bonchev–Trinajstić information content (AvgIpc) is 3.10. The van der Waals surface area contributed by atoms with E-state index in [0.717, 1.165) is 12.1 Å². The maximum Gasteiger partial charge on any atom is 0.295 e. The van der Waals surface area contributed by atoms with Gasteiger partial charge in [0.25, 0.3) is 44.6 Å². The Balaban J connectivity index is 0.000000300. The third kappa shape index (κ3) is 11.9. The molecule has 3 unspecified atom stereocenters. The number of hydrogen-bond donors (Lipinski definition) is 4. The summed E-state index contributed by atoms with van der Waals surface area (Å²) in [5.74, 6) is -2.28. The number of aliphatic imine (C=N–C) groups is 4. The maximum absolute atomic E-state index is 12.0. The van der Waals surface area contributed by atoms with Gasteiger partial charge in [-0.2, -0.15) is 53.6 Å². The topological polar surface area (TPSA) is 267 Å². The highest BCUT2D eigenvalue weighted by molar-refractivity contribution is 8.05. The van der Waals surface area contributed by atoms with Gasteiger partial charge < -0.3 is 0 Å². The Morgan fingerprint density at radius 3 is 1.71 bits per heavy atom. The standard InChI is InChI=1S/2C16H12N2O6S4/c19-27(20,21)16(28(22,23)24)9-15(18-11-26)8-5-13(16)4-1-12-2-6-14(7-3-12)17-10-25;19-27(20,21)15-7-13(17-9-25)5-3-11(15)1-2-12-4-6-14(18-10-26)8-16(12)28(22,23)24/h1-9,13H,(H,19,20,21)(H,22,23,24);1-8,11,15H,(H,19,20,21)(H,22,23,24). The van der Waals surface area contributed by atoms with Crippen molar-refractivity contribution in [1.82, 2.24) is 0 Å². The van der Waals surface area contributed by atoms with E-state index in [1.165, 1.54) is 60.7 Å². The summed E-state index contributed by atoms with van der Waals surface area (Å²) < 4.78 is 130. The second-order valence-electron chi connectivity index (χ2n) is 11.0. The summed E-state index contributed by atoms with van der Waals surface area (Å²) in [7, 11) is -19.8. The zero-order chi connectivity index (χ0) is 42.0. The normalized spacial score (nSPS) is 19.2. The number of thiocarbonyl (C=S) groups is 4. The summed E-state index contributed by atoms with van der Waals surface area (Å²) in [6.45, 7) is 0. The lowest BCUT2D eigenvalue weighted by Gasteiger charge is -2.31. The second-order valence-corrected chi connectivity index (χ2v) is 18.2. The van der Waals surface area contributed by atoms with Gasteiger partial charge in [-0.25, -0.2) is 0 Å². The van der Waals surface area contributed by atoms with E-state index >= 15 is 0 Å². The fraction of sp³-hybridized carbons (Fsp3) is 0.125. The molecule has 3 atom stereocenters. The lowest BCUT2D eigenvalue weighted by Crippen LogP contribution is -2.50. The molecule has 0 saturated heterocycles. The largest absolute Gasteiger partial charge is 0.295 e. The van der Waals surface area contributed by atoms with E-state index in [4.69, 9.17) is 0 Å². The van der Waals surface area contributed by atoms with Gasteiger partial charge in [0.1, 0.15) is 10.1 Å². The highest BCUT2D eigenvalue weighted by atomic mass is 32.3. The predicted molar refractivity (Wildman–Crippen MR) is 223 cm³/mol. The summed E-state index contributed by atoms with van der Waals surface area (Å²) >= 11 is 17.9. The first-order valence-corrected chi connectivity index (χ1v) is 22.2. The number of rotatable bonds is 12. The molecule has 0 aliphatic heterocycles. The number of benzene rings is 2. The zero-order valence-corrected chi connectivity index (χ0v) is 34.2. The summed E-state index contributed by atoms with van der Waals surface area (Å²) in [5.41, 5.74) is 1.38. The molecule has 2 aromatic rings. The first-order valence-electron chi connectivity index (χ1n) is 14.7. The molecule has 16 nitrogen and oxygen atoms in total. The van der Waals surface area contributed by atoms with E-state index < -0.39 is 66.5 Å². The van der Waals surface area contributed by atoms with Crippen molar-refractivity contribution in [1.29, 1.82) is 0 Å². The highest BCUT2D eigenvalue weighted by Crippen LogP contribution is 2.40. The molecule has 0 bridgehead atoms. The molecule has 0 heterocycles. The van der Waals surface area contributed by atoms with Gasteiger partial charge in [-0.1, -0.05) is 54.7 Å². The molecule has 4 N–H and O–H groups in total.